The normalized spacial score (nSPS) is 47.3. The lowest BCUT2D eigenvalue weighted by Gasteiger charge is -2.51. The molecule has 2 fully saturated rings. The monoisotopic (exact) mass is 256 g/mol. The lowest BCUT2D eigenvalue weighted by Crippen LogP contribution is -2.45. The Balaban J connectivity index is 1.68. The van der Waals surface area contributed by atoms with Gasteiger partial charge in [0.1, 0.15) is 0 Å². The van der Waals surface area contributed by atoms with E-state index in [2.05, 4.69) is 30.4 Å². The SMILES string of the molecule is OC[C@@]12CCC[C@H]1[C@@H]1CC=C3C=CC=C[C@@H]3[C@H]1CC2. The van der Waals surface area contributed by atoms with Crippen LogP contribution < -0.4 is 0 Å². The van der Waals surface area contributed by atoms with Gasteiger partial charge < -0.3 is 5.11 Å². The molecule has 102 valence electrons. The number of rotatable bonds is 1. The summed E-state index contributed by atoms with van der Waals surface area (Å²) in [6.07, 6.45) is 19.4. The summed E-state index contributed by atoms with van der Waals surface area (Å²) in [4.78, 5) is 0. The van der Waals surface area contributed by atoms with Gasteiger partial charge in [0, 0.05) is 12.5 Å². The summed E-state index contributed by atoms with van der Waals surface area (Å²) in [7, 11) is 0. The molecule has 0 radical (unpaired) electrons. The van der Waals surface area contributed by atoms with Gasteiger partial charge in [-0.3, -0.25) is 0 Å². The van der Waals surface area contributed by atoms with Gasteiger partial charge in [-0.05, 0) is 60.8 Å². The molecular formula is C18H24O. The molecule has 0 aromatic heterocycles. The highest BCUT2D eigenvalue weighted by atomic mass is 16.3. The molecule has 2 saturated carbocycles. The highest BCUT2D eigenvalue weighted by molar-refractivity contribution is 5.36. The maximum absolute atomic E-state index is 9.93. The lowest BCUT2D eigenvalue weighted by molar-refractivity contribution is -0.0257. The van der Waals surface area contributed by atoms with Crippen molar-refractivity contribution >= 4 is 0 Å². The Kier molecular flexibility index (Phi) is 2.73. The van der Waals surface area contributed by atoms with Crippen molar-refractivity contribution in [1.82, 2.24) is 0 Å². The second kappa shape index (κ2) is 4.34. The van der Waals surface area contributed by atoms with E-state index in [1.54, 1.807) is 5.57 Å². The Hall–Kier alpha value is -0.820. The van der Waals surface area contributed by atoms with Crippen molar-refractivity contribution in [3.8, 4) is 0 Å². The van der Waals surface area contributed by atoms with Crippen LogP contribution in [0, 0.1) is 29.1 Å². The Morgan fingerprint density at radius 1 is 1.16 bits per heavy atom. The van der Waals surface area contributed by atoms with Gasteiger partial charge in [-0.1, -0.05) is 36.8 Å². The van der Waals surface area contributed by atoms with Gasteiger partial charge in [0.15, 0.2) is 0 Å². The minimum Gasteiger partial charge on any atom is -0.396 e. The number of aliphatic hydroxyl groups is 1. The summed E-state index contributed by atoms with van der Waals surface area (Å²) < 4.78 is 0. The van der Waals surface area contributed by atoms with Crippen molar-refractivity contribution in [3.63, 3.8) is 0 Å². The minimum absolute atomic E-state index is 0.292. The van der Waals surface area contributed by atoms with Crippen LogP contribution in [0.25, 0.3) is 0 Å². The number of hydrogen-bond acceptors (Lipinski definition) is 1. The molecule has 1 N–H and O–H groups in total. The van der Waals surface area contributed by atoms with Gasteiger partial charge in [-0.25, -0.2) is 0 Å². The van der Waals surface area contributed by atoms with Crippen LogP contribution in [-0.2, 0) is 0 Å². The molecule has 0 heterocycles. The average molecular weight is 256 g/mol. The summed E-state index contributed by atoms with van der Waals surface area (Å²) in [5, 5.41) is 9.93. The first-order chi connectivity index (χ1) is 9.34. The first-order valence-corrected chi connectivity index (χ1v) is 8.00. The molecule has 0 aromatic carbocycles. The van der Waals surface area contributed by atoms with E-state index in [0.717, 1.165) is 17.8 Å². The zero-order valence-corrected chi connectivity index (χ0v) is 11.6. The second-order valence-electron chi connectivity index (χ2n) is 7.10. The predicted octanol–water partition coefficient (Wildman–Crippen LogP) is 3.86. The Labute approximate surface area is 116 Å². The van der Waals surface area contributed by atoms with Crippen LogP contribution in [0.1, 0.15) is 38.5 Å². The molecule has 0 unspecified atom stereocenters. The molecule has 0 bridgehead atoms. The Bertz CT molecular complexity index is 458. The molecule has 0 spiro atoms. The van der Waals surface area contributed by atoms with Gasteiger partial charge in [0.25, 0.3) is 0 Å². The fourth-order valence-corrected chi connectivity index (χ4v) is 5.61. The third kappa shape index (κ3) is 1.64. The fourth-order valence-electron chi connectivity index (χ4n) is 5.61. The van der Waals surface area contributed by atoms with Crippen LogP contribution in [0.3, 0.4) is 0 Å². The average Bonchev–Trinajstić information content (AvgIpc) is 2.91. The van der Waals surface area contributed by atoms with E-state index in [1.807, 2.05) is 0 Å². The van der Waals surface area contributed by atoms with Crippen molar-refractivity contribution in [3.05, 3.63) is 36.0 Å². The topological polar surface area (TPSA) is 20.2 Å². The van der Waals surface area contributed by atoms with Crippen molar-refractivity contribution in [1.29, 1.82) is 0 Å². The molecular weight excluding hydrogens is 232 g/mol. The van der Waals surface area contributed by atoms with Gasteiger partial charge >= 0.3 is 0 Å². The molecule has 1 heteroatoms. The summed E-state index contributed by atoms with van der Waals surface area (Å²) in [6.45, 7) is 0.428. The van der Waals surface area contributed by atoms with Crippen molar-refractivity contribution < 1.29 is 5.11 Å². The van der Waals surface area contributed by atoms with Crippen LogP contribution in [0.5, 0.6) is 0 Å². The fraction of sp³-hybridized carbons (Fsp3) is 0.667. The smallest absolute Gasteiger partial charge is 0.0490 e. The summed E-state index contributed by atoms with van der Waals surface area (Å²) in [5.41, 5.74) is 1.85. The van der Waals surface area contributed by atoms with Crippen LogP contribution in [-0.4, -0.2) is 11.7 Å². The third-order valence-electron chi connectivity index (χ3n) is 6.52. The lowest BCUT2D eigenvalue weighted by atomic mass is 9.54. The summed E-state index contributed by atoms with van der Waals surface area (Å²) >= 11 is 0. The molecule has 4 aliphatic carbocycles. The van der Waals surface area contributed by atoms with Crippen LogP contribution in [0.4, 0.5) is 0 Å². The summed E-state index contributed by atoms with van der Waals surface area (Å²) in [5.74, 6) is 3.12. The number of hydrogen-bond donors (Lipinski definition) is 1. The molecule has 4 rings (SSSR count). The van der Waals surface area contributed by atoms with Crippen molar-refractivity contribution in [2.75, 3.05) is 6.61 Å². The maximum atomic E-state index is 9.93. The molecule has 0 amide bonds. The summed E-state index contributed by atoms with van der Waals surface area (Å²) in [6, 6.07) is 0. The van der Waals surface area contributed by atoms with Crippen LogP contribution in [0.2, 0.25) is 0 Å². The Morgan fingerprint density at radius 3 is 3.00 bits per heavy atom. The molecule has 0 aromatic rings. The van der Waals surface area contributed by atoms with Gasteiger partial charge in [-0.2, -0.15) is 0 Å². The third-order valence-corrected chi connectivity index (χ3v) is 6.52. The van der Waals surface area contributed by atoms with Crippen molar-refractivity contribution in [2.24, 2.45) is 29.1 Å². The number of fused-ring (bicyclic) bond motifs is 5. The largest absolute Gasteiger partial charge is 0.396 e. The van der Waals surface area contributed by atoms with Crippen molar-refractivity contribution in [2.45, 2.75) is 38.5 Å². The molecule has 4 aliphatic rings. The minimum atomic E-state index is 0.292. The van der Waals surface area contributed by atoms with Crippen LogP contribution >= 0.6 is 0 Å². The van der Waals surface area contributed by atoms with E-state index < -0.39 is 0 Å². The van der Waals surface area contributed by atoms with Gasteiger partial charge in [-0.15, -0.1) is 0 Å². The molecule has 0 aliphatic heterocycles. The van der Waals surface area contributed by atoms with Gasteiger partial charge in [0.2, 0.25) is 0 Å². The molecule has 0 saturated heterocycles. The van der Waals surface area contributed by atoms with E-state index in [4.69, 9.17) is 0 Å². The number of allylic oxidation sites excluding steroid dienone is 6. The quantitative estimate of drug-likeness (QED) is 0.755. The first kappa shape index (κ1) is 12.0. The predicted molar refractivity (Wildman–Crippen MR) is 77.5 cm³/mol. The zero-order valence-electron chi connectivity index (χ0n) is 11.6. The highest BCUT2D eigenvalue weighted by Gasteiger charge is 2.53. The van der Waals surface area contributed by atoms with Crippen LogP contribution in [0.15, 0.2) is 36.0 Å². The first-order valence-electron chi connectivity index (χ1n) is 8.00. The van der Waals surface area contributed by atoms with E-state index in [-0.39, 0.29) is 0 Å². The zero-order chi connectivity index (χ0) is 12.9. The second-order valence-corrected chi connectivity index (χ2v) is 7.10. The molecule has 5 atom stereocenters. The highest BCUT2D eigenvalue weighted by Crippen LogP contribution is 2.60. The van der Waals surface area contributed by atoms with E-state index in [0.29, 0.717) is 17.9 Å². The Morgan fingerprint density at radius 2 is 2.11 bits per heavy atom. The van der Waals surface area contributed by atoms with E-state index >= 15 is 0 Å². The standard InChI is InChI=1S/C18H24O/c19-12-18-10-3-6-17(18)16-8-7-13-4-1-2-5-14(13)15(16)9-11-18/h1-2,4-5,7,14-17,19H,3,6,8-12H2/t14-,15+,16+,17-,18-/m0/s1. The van der Waals surface area contributed by atoms with E-state index in [1.165, 1.54) is 38.5 Å². The maximum Gasteiger partial charge on any atom is 0.0490 e. The van der Waals surface area contributed by atoms with E-state index in [9.17, 15) is 5.11 Å². The molecule has 19 heavy (non-hydrogen) atoms. The number of aliphatic hydroxyl groups excluding tert-OH is 1. The van der Waals surface area contributed by atoms with Gasteiger partial charge in [0.05, 0.1) is 0 Å². The molecule has 1 nitrogen and oxygen atoms in total.